The van der Waals surface area contributed by atoms with Crippen molar-refractivity contribution in [1.29, 1.82) is 0 Å². The highest BCUT2D eigenvalue weighted by Crippen LogP contribution is 2.40. The third-order valence-electron chi connectivity index (χ3n) is 5.86. The number of anilines is 1. The Balaban J connectivity index is 1.36. The maximum Gasteiger partial charge on any atom is 0.416 e. The van der Waals surface area contributed by atoms with Gasteiger partial charge in [-0.25, -0.2) is 4.79 Å². The van der Waals surface area contributed by atoms with E-state index in [1.165, 1.54) is 12.1 Å². The number of piperidine rings is 1. The number of nitrogens with one attached hydrogen (secondary N) is 1. The fraction of sp³-hybridized carbons (Fsp3) is 0.364. The molecule has 0 bridgehead atoms. The van der Waals surface area contributed by atoms with Gasteiger partial charge < -0.3 is 15.1 Å². The normalized spacial score (nSPS) is 23.8. The van der Waals surface area contributed by atoms with Gasteiger partial charge in [0.15, 0.2) is 0 Å². The monoisotopic (exact) mass is 417 g/mol. The molecule has 0 saturated carbocycles. The molecular formula is C22H22F3N3O2. The molecular weight excluding hydrogens is 395 g/mol. The Labute approximate surface area is 172 Å². The average Bonchev–Trinajstić information content (AvgIpc) is 3.16. The van der Waals surface area contributed by atoms with Crippen molar-refractivity contribution in [3.63, 3.8) is 0 Å². The number of amides is 2. The summed E-state index contributed by atoms with van der Waals surface area (Å²) in [5, 5.41) is 6.98. The van der Waals surface area contributed by atoms with Crippen LogP contribution in [0.1, 0.15) is 30.9 Å². The van der Waals surface area contributed by atoms with E-state index in [1.54, 1.807) is 4.90 Å². The van der Waals surface area contributed by atoms with Crippen LogP contribution in [0.5, 0.6) is 0 Å². The van der Waals surface area contributed by atoms with Crippen LogP contribution in [0.25, 0.3) is 0 Å². The van der Waals surface area contributed by atoms with E-state index in [2.05, 4.69) is 10.5 Å². The number of carbonyl (C=O) groups excluding carboxylic acids is 1. The Morgan fingerprint density at radius 1 is 1.17 bits per heavy atom. The fourth-order valence-corrected chi connectivity index (χ4v) is 3.97. The number of hydrogen-bond donors (Lipinski definition) is 1. The molecule has 0 radical (unpaired) electrons. The molecule has 2 aromatic carbocycles. The predicted molar refractivity (Wildman–Crippen MR) is 107 cm³/mol. The summed E-state index contributed by atoms with van der Waals surface area (Å²) in [5.41, 5.74) is 1.08. The van der Waals surface area contributed by atoms with E-state index in [0.717, 1.165) is 23.4 Å². The molecule has 2 unspecified atom stereocenters. The smallest absolute Gasteiger partial charge is 0.388 e. The molecule has 2 heterocycles. The zero-order valence-corrected chi connectivity index (χ0v) is 16.4. The van der Waals surface area contributed by atoms with Gasteiger partial charge in [0, 0.05) is 37.5 Å². The van der Waals surface area contributed by atoms with Crippen LogP contribution in [0.2, 0.25) is 0 Å². The van der Waals surface area contributed by atoms with E-state index in [4.69, 9.17) is 4.84 Å². The van der Waals surface area contributed by atoms with Crippen molar-refractivity contribution in [1.82, 2.24) is 4.90 Å². The molecule has 1 N–H and O–H groups in total. The number of nitrogens with zero attached hydrogens (tertiary/aromatic N) is 2. The number of alkyl halides is 3. The van der Waals surface area contributed by atoms with Crippen LogP contribution in [0.15, 0.2) is 59.8 Å². The van der Waals surface area contributed by atoms with Crippen molar-refractivity contribution in [2.75, 3.05) is 18.4 Å². The zero-order chi connectivity index (χ0) is 21.4. The van der Waals surface area contributed by atoms with Gasteiger partial charge in [-0.2, -0.15) is 13.2 Å². The second-order valence-corrected chi connectivity index (χ2v) is 7.84. The lowest BCUT2D eigenvalue weighted by atomic mass is 9.78. The highest BCUT2D eigenvalue weighted by molar-refractivity contribution is 6.01. The van der Waals surface area contributed by atoms with Gasteiger partial charge >= 0.3 is 12.2 Å². The summed E-state index contributed by atoms with van der Waals surface area (Å²) in [4.78, 5) is 20.1. The van der Waals surface area contributed by atoms with Gasteiger partial charge in [0.05, 0.1) is 11.3 Å². The minimum atomic E-state index is -4.40. The molecule has 8 heteroatoms. The molecule has 1 fully saturated rings. The maximum atomic E-state index is 12.7. The second kappa shape index (κ2) is 7.66. The zero-order valence-electron chi connectivity index (χ0n) is 16.4. The fourth-order valence-electron chi connectivity index (χ4n) is 3.97. The van der Waals surface area contributed by atoms with Gasteiger partial charge in [0.2, 0.25) is 0 Å². The molecule has 2 aliphatic rings. The Kier molecular flexibility index (Phi) is 5.17. The third kappa shape index (κ3) is 3.99. The molecule has 30 heavy (non-hydrogen) atoms. The molecule has 0 aromatic heterocycles. The third-order valence-corrected chi connectivity index (χ3v) is 5.86. The van der Waals surface area contributed by atoms with E-state index in [9.17, 15) is 18.0 Å². The van der Waals surface area contributed by atoms with Crippen molar-refractivity contribution >= 4 is 17.4 Å². The van der Waals surface area contributed by atoms with Crippen LogP contribution in [0, 0.1) is 5.92 Å². The van der Waals surface area contributed by atoms with Crippen LogP contribution in [-0.4, -0.2) is 35.3 Å². The van der Waals surface area contributed by atoms with Gasteiger partial charge in [-0.05, 0) is 29.8 Å². The highest BCUT2D eigenvalue weighted by atomic mass is 19.4. The lowest BCUT2D eigenvalue weighted by Crippen LogP contribution is -2.53. The van der Waals surface area contributed by atoms with Crippen molar-refractivity contribution < 1.29 is 22.8 Å². The van der Waals surface area contributed by atoms with E-state index >= 15 is 0 Å². The predicted octanol–water partition coefficient (Wildman–Crippen LogP) is 5.14. The van der Waals surface area contributed by atoms with E-state index in [1.807, 2.05) is 37.3 Å². The average molecular weight is 417 g/mol. The number of urea groups is 1. The largest absolute Gasteiger partial charge is 0.416 e. The van der Waals surface area contributed by atoms with Crippen LogP contribution < -0.4 is 5.32 Å². The first-order valence-electron chi connectivity index (χ1n) is 9.80. The molecule has 2 aliphatic heterocycles. The number of carbonyl (C=O) groups is 1. The van der Waals surface area contributed by atoms with Crippen molar-refractivity contribution in [3.05, 3.63) is 65.7 Å². The summed E-state index contributed by atoms with van der Waals surface area (Å²) >= 11 is 0. The topological polar surface area (TPSA) is 53.9 Å². The van der Waals surface area contributed by atoms with Crippen LogP contribution in [0.3, 0.4) is 0 Å². The summed E-state index contributed by atoms with van der Waals surface area (Å²) in [6, 6.07) is 14.0. The Morgan fingerprint density at radius 2 is 1.87 bits per heavy atom. The number of benzene rings is 2. The maximum absolute atomic E-state index is 12.7. The highest BCUT2D eigenvalue weighted by Gasteiger charge is 2.48. The van der Waals surface area contributed by atoms with Crippen molar-refractivity contribution in [2.24, 2.45) is 11.1 Å². The first kappa shape index (κ1) is 20.3. The van der Waals surface area contributed by atoms with Gasteiger partial charge in [-0.1, -0.05) is 42.4 Å². The standard InChI is InChI=1S/C22H22F3N3O2/c1-15-14-28(20(29)26-18-9-7-17(8-10-18)22(23,24)25)12-11-21(15)13-19(27-30-21)16-5-3-2-4-6-16/h2-10,15H,11-14H2,1H3,(H,26,29). The number of likely N-dealkylation sites (tertiary alicyclic amines) is 1. The first-order valence-corrected chi connectivity index (χ1v) is 9.80. The second-order valence-electron chi connectivity index (χ2n) is 7.84. The number of halogens is 3. The number of oxime groups is 1. The summed E-state index contributed by atoms with van der Waals surface area (Å²) in [5.74, 6) is 0.0505. The van der Waals surface area contributed by atoms with Gasteiger partial charge in [-0.3, -0.25) is 0 Å². The Morgan fingerprint density at radius 3 is 2.50 bits per heavy atom. The SMILES string of the molecule is CC1CN(C(=O)Nc2ccc(C(F)(F)F)cc2)CCC12CC(c1ccccc1)=NO2. The van der Waals surface area contributed by atoms with Crippen LogP contribution in [0.4, 0.5) is 23.7 Å². The molecule has 2 amide bonds. The van der Waals surface area contributed by atoms with Gasteiger partial charge in [0.25, 0.3) is 0 Å². The van der Waals surface area contributed by atoms with Crippen LogP contribution in [-0.2, 0) is 11.0 Å². The molecule has 1 spiro atoms. The van der Waals surface area contributed by atoms with Crippen molar-refractivity contribution in [3.8, 4) is 0 Å². The number of hydrogen-bond acceptors (Lipinski definition) is 3. The molecule has 158 valence electrons. The molecule has 1 saturated heterocycles. The van der Waals surface area contributed by atoms with Crippen molar-refractivity contribution in [2.45, 2.75) is 31.5 Å². The van der Waals surface area contributed by atoms with E-state index in [0.29, 0.717) is 31.6 Å². The Bertz CT molecular complexity index is 944. The lowest BCUT2D eigenvalue weighted by molar-refractivity contribution is -0.137. The summed E-state index contributed by atoms with van der Waals surface area (Å²) in [7, 11) is 0. The van der Waals surface area contributed by atoms with Gasteiger partial charge in [-0.15, -0.1) is 0 Å². The van der Waals surface area contributed by atoms with E-state index in [-0.39, 0.29) is 11.9 Å². The molecule has 2 atom stereocenters. The Hall–Kier alpha value is -3.03. The molecule has 2 aromatic rings. The minimum Gasteiger partial charge on any atom is -0.388 e. The lowest BCUT2D eigenvalue weighted by Gasteiger charge is -2.42. The summed E-state index contributed by atoms with van der Waals surface area (Å²) in [6.45, 7) is 2.99. The quantitative estimate of drug-likeness (QED) is 0.735. The molecule has 5 nitrogen and oxygen atoms in total. The minimum absolute atomic E-state index is 0.0505. The van der Waals surface area contributed by atoms with Crippen LogP contribution >= 0.6 is 0 Å². The summed E-state index contributed by atoms with van der Waals surface area (Å²) in [6.07, 6.45) is -3.08. The molecule has 4 rings (SSSR count). The summed E-state index contributed by atoms with van der Waals surface area (Å²) < 4.78 is 38.0. The van der Waals surface area contributed by atoms with Gasteiger partial charge in [0.1, 0.15) is 5.60 Å². The molecule has 0 aliphatic carbocycles. The number of rotatable bonds is 2. The first-order chi connectivity index (χ1) is 14.3. The van der Waals surface area contributed by atoms with E-state index < -0.39 is 17.3 Å².